The van der Waals surface area contributed by atoms with Crippen LogP contribution in [-0.2, 0) is 20.6 Å². The molecule has 0 spiro atoms. The van der Waals surface area contributed by atoms with Gasteiger partial charge in [0.1, 0.15) is 0 Å². The number of aromatic nitrogens is 2. The Morgan fingerprint density at radius 3 is 2.79 bits per heavy atom. The van der Waals surface area contributed by atoms with Gasteiger partial charge in [0.15, 0.2) is 0 Å². The monoisotopic (exact) mass is 266 g/mol. The van der Waals surface area contributed by atoms with E-state index in [0.717, 1.165) is 19.5 Å². The van der Waals surface area contributed by atoms with Crippen molar-refractivity contribution in [2.24, 2.45) is 14.1 Å². The summed E-state index contributed by atoms with van der Waals surface area (Å²) in [5.74, 6) is 0. The minimum absolute atomic E-state index is 0.185. The third-order valence-electron chi connectivity index (χ3n) is 3.83. The second-order valence-electron chi connectivity index (χ2n) is 5.27. The topological polar surface area (TPSA) is 59.3 Å². The molecule has 6 nitrogen and oxygen atoms in total. The molecule has 0 amide bonds. The summed E-state index contributed by atoms with van der Waals surface area (Å²) in [4.78, 5) is 26.0. The van der Waals surface area contributed by atoms with E-state index in [4.69, 9.17) is 0 Å². The first-order valence-electron chi connectivity index (χ1n) is 6.68. The van der Waals surface area contributed by atoms with Crippen molar-refractivity contribution in [2.45, 2.75) is 25.4 Å². The Labute approximate surface area is 112 Å². The molecule has 2 rings (SSSR count). The number of hydrogen-bond donors (Lipinski definition) is 1. The molecular weight excluding hydrogens is 244 g/mol. The Balaban J connectivity index is 2.20. The number of hydrogen-bond acceptors (Lipinski definition) is 4. The van der Waals surface area contributed by atoms with Gasteiger partial charge >= 0.3 is 5.69 Å². The summed E-state index contributed by atoms with van der Waals surface area (Å²) in [6.45, 7) is 2.56. The second-order valence-corrected chi connectivity index (χ2v) is 5.27. The molecule has 1 saturated heterocycles. The molecule has 1 fully saturated rings. The fourth-order valence-electron chi connectivity index (χ4n) is 2.67. The van der Waals surface area contributed by atoms with Crippen molar-refractivity contribution in [1.82, 2.24) is 19.4 Å². The van der Waals surface area contributed by atoms with Gasteiger partial charge < -0.3 is 9.88 Å². The highest BCUT2D eigenvalue weighted by Crippen LogP contribution is 2.11. The zero-order chi connectivity index (χ0) is 14.0. The number of likely N-dealkylation sites (tertiary alicyclic amines) is 1. The quantitative estimate of drug-likeness (QED) is 0.783. The molecule has 1 unspecified atom stereocenters. The van der Waals surface area contributed by atoms with Crippen molar-refractivity contribution in [2.75, 3.05) is 20.1 Å². The van der Waals surface area contributed by atoms with E-state index in [9.17, 15) is 9.59 Å². The van der Waals surface area contributed by atoms with Crippen LogP contribution in [0, 0.1) is 0 Å². The van der Waals surface area contributed by atoms with Gasteiger partial charge in [-0.15, -0.1) is 0 Å². The lowest BCUT2D eigenvalue weighted by Crippen LogP contribution is -2.46. The molecule has 1 N–H and O–H groups in total. The third-order valence-corrected chi connectivity index (χ3v) is 3.83. The van der Waals surface area contributed by atoms with Gasteiger partial charge in [-0.05, 0) is 26.4 Å². The first-order chi connectivity index (χ1) is 9.02. The molecule has 0 bridgehead atoms. The minimum atomic E-state index is -0.277. The van der Waals surface area contributed by atoms with E-state index >= 15 is 0 Å². The molecule has 0 saturated carbocycles. The van der Waals surface area contributed by atoms with E-state index in [-0.39, 0.29) is 11.2 Å². The predicted octanol–water partition coefficient (Wildman–Crippen LogP) is -0.732. The Morgan fingerprint density at radius 2 is 2.11 bits per heavy atom. The fraction of sp³-hybridized carbons (Fsp3) is 0.692. The SMILES string of the molecule is CNC1CCCN(Cc2cn(C)c(=O)n(C)c2=O)C1. The van der Waals surface area contributed by atoms with Crippen molar-refractivity contribution < 1.29 is 0 Å². The Bertz CT molecular complexity index is 561. The Hall–Kier alpha value is -1.40. The second kappa shape index (κ2) is 5.71. The lowest BCUT2D eigenvalue weighted by atomic mass is 10.1. The zero-order valence-electron chi connectivity index (χ0n) is 11.8. The van der Waals surface area contributed by atoms with Crippen molar-refractivity contribution in [3.05, 3.63) is 32.6 Å². The molecule has 106 valence electrons. The van der Waals surface area contributed by atoms with Crippen LogP contribution in [0.15, 0.2) is 15.8 Å². The largest absolute Gasteiger partial charge is 0.330 e. The molecule has 1 aliphatic heterocycles. The van der Waals surface area contributed by atoms with Crippen molar-refractivity contribution in [3.8, 4) is 0 Å². The van der Waals surface area contributed by atoms with Gasteiger partial charge in [0.05, 0.1) is 0 Å². The standard InChI is InChI=1S/C13H22N4O2/c1-14-11-5-4-6-17(9-11)8-10-7-15(2)13(19)16(3)12(10)18/h7,11,14H,4-6,8-9H2,1-3H3. The first kappa shape index (κ1) is 14.0. The number of piperidine rings is 1. The van der Waals surface area contributed by atoms with Crippen molar-refractivity contribution in [3.63, 3.8) is 0 Å². The molecule has 1 aliphatic rings. The van der Waals surface area contributed by atoms with Gasteiger partial charge in [0.25, 0.3) is 5.56 Å². The summed E-state index contributed by atoms with van der Waals surface area (Å²) in [5, 5.41) is 3.29. The van der Waals surface area contributed by atoms with Crippen LogP contribution in [0.3, 0.4) is 0 Å². The Morgan fingerprint density at radius 1 is 1.37 bits per heavy atom. The Kier molecular flexibility index (Phi) is 4.21. The summed E-state index contributed by atoms with van der Waals surface area (Å²) in [5.41, 5.74) is 0.219. The molecule has 1 aromatic rings. The molecule has 0 aliphatic carbocycles. The van der Waals surface area contributed by atoms with Gasteiger partial charge in [-0.3, -0.25) is 14.3 Å². The molecule has 1 aromatic heterocycles. The number of nitrogens with one attached hydrogen (secondary N) is 1. The molecule has 0 aromatic carbocycles. The molecule has 19 heavy (non-hydrogen) atoms. The minimum Gasteiger partial charge on any atom is -0.316 e. The fourth-order valence-corrected chi connectivity index (χ4v) is 2.67. The van der Waals surface area contributed by atoms with Crippen molar-refractivity contribution >= 4 is 0 Å². The van der Waals surface area contributed by atoms with Crippen LogP contribution in [0.5, 0.6) is 0 Å². The van der Waals surface area contributed by atoms with E-state index in [2.05, 4.69) is 10.2 Å². The summed E-state index contributed by atoms with van der Waals surface area (Å²) >= 11 is 0. The average molecular weight is 266 g/mol. The maximum atomic E-state index is 12.1. The van der Waals surface area contributed by atoms with E-state index in [0.29, 0.717) is 18.2 Å². The van der Waals surface area contributed by atoms with E-state index < -0.39 is 0 Å². The number of likely N-dealkylation sites (N-methyl/N-ethyl adjacent to an activating group) is 1. The smallest absolute Gasteiger partial charge is 0.316 e. The summed E-state index contributed by atoms with van der Waals surface area (Å²) in [7, 11) is 5.18. The maximum absolute atomic E-state index is 12.1. The van der Waals surface area contributed by atoms with Gasteiger partial charge in [-0.2, -0.15) is 0 Å². The van der Waals surface area contributed by atoms with Crippen LogP contribution in [0.25, 0.3) is 0 Å². The lowest BCUT2D eigenvalue weighted by molar-refractivity contribution is 0.186. The molecule has 2 heterocycles. The maximum Gasteiger partial charge on any atom is 0.330 e. The summed E-state index contributed by atoms with van der Waals surface area (Å²) < 4.78 is 2.64. The summed E-state index contributed by atoms with van der Waals surface area (Å²) in [6.07, 6.45) is 3.98. The molecule has 1 atom stereocenters. The highest BCUT2D eigenvalue weighted by Gasteiger charge is 2.19. The third kappa shape index (κ3) is 2.96. The number of aryl methyl sites for hydroxylation is 1. The van der Waals surface area contributed by atoms with E-state index in [1.807, 2.05) is 7.05 Å². The van der Waals surface area contributed by atoms with Crippen LogP contribution in [0.2, 0.25) is 0 Å². The van der Waals surface area contributed by atoms with Gasteiger partial charge in [-0.1, -0.05) is 0 Å². The van der Waals surface area contributed by atoms with Crippen LogP contribution >= 0.6 is 0 Å². The highest BCUT2D eigenvalue weighted by atomic mass is 16.2. The van der Waals surface area contributed by atoms with Gasteiger partial charge in [0.2, 0.25) is 0 Å². The van der Waals surface area contributed by atoms with Crippen LogP contribution < -0.4 is 16.6 Å². The van der Waals surface area contributed by atoms with Gasteiger partial charge in [-0.25, -0.2) is 4.79 Å². The van der Waals surface area contributed by atoms with E-state index in [1.165, 1.54) is 22.6 Å². The van der Waals surface area contributed by atoms with Crippen LogP contribution in [0.4, 0.5) is 0 Å². The normalized spacial score (nSPS) is 20.7. The predicted molar refractivity (Wildman–Crippen MR) is 74.3 cm³/mol. The molecular formula is C13H22N4O2. The van der Waals surface area contributed by atoms with Crippen LogP contribution in [-0.4, -0.2) is 40.2 Å². The van der Waals surface area contributed by atoms with Gasteiger partial charge in [0, 0.05) is 45.0 Å². The highest BCUT2D eigenvalue weighted by molar-refractivity contribution is 5.05. The molecule has 0 radical (unpaired) electrons. The van der Waals surface area contributed by atoms with E-state index in [1.54, 1.807) is 13.2 Å². The number of nitrogens with zero attached hydrogens (tertiary/aromatic N) is 3. The molecule has 6 heteroatoms. The number of rotatable bonds is 3. The average Bonchev–Trinajstić information content (AvgIpc) is 2.42. The zero-order valence-corrected chi connectivity index (χ0v) is 11.8. The van der Waals surface area contributed by atoms with Crippen LogP contribution in [0.1, 0.15) is 18.4 Å². The first-order valence-corrected chi connectivity index (χ1v) is 6.68. The van der Waals surface area contributed by atoms with Crippen molar-refractivity contribution in [1.29, 1.82) is 0 Å². The lowest BCUT2D eigenvalue weighted by Gasteiger charge is -2.32. The summed E-state index contributed by atoms with van der Waals surface area (Å²) in [6, 6.07) is 0.491.